The smallest absolute Gasteiger partial charge is 0.256 e. The van der Waals surface area contributed by atoms with Crippen LogP contribution in [0, 0.1) is 0 Å². The molecule has 0 aromatic heterocycles. The summed E-state index contributed by atoms with van der Waals surface area (Å²) in [7, 11) is -2.13. The summed E-state index contributed by atoms with van der Waals surface area (Å²) in [5.74, 6) is 0.888. The first-order chi connectivity index (χ1) is 16.0. The van der Waals surface area contributed by atoms with E-state index in [4.69, 9.17) is 9.47 Å². The molecule has 2 aromatic rings. The third-order valence-corrected chi connectivity index (χ3v) is 9.05. The molecule has 178 valence electrons. The lowest BCUT2D eigenvalue weighted by molar-refractivity contribution is 0.102. The van der Waals surface area contributed by atoms with E-state index in [0.717, 1.165) is 49.4 Å². The monoisotopic (exact) mass is 490 g/mol. The van der Waals surface area contributed by atoms with E-state index in [1.54, 1.807) is 23.9 Å². The normalized spacial score (nSPS) is 19.4. The van der Waals surface area contributed by atoms with E-state index in [1.807, 2.05) is 18.2 Å². The number of benzene rings is 2. The number of carbonyl (C=O) groups excluding carboxylic acids is 1. The lowest BCUT2D eigenvalue weighted by Gasteiger charge is -2.26. The van der Waals surface area contributed by atoms with E-state index in [9.17, 15) is 13.2 Å². The first-order valence-electron chi connectivity index (χ1n) is 11.3. The molecule has 0 bridgehead atoms. The van der Waals surface area contributed by atoms with Crippen LogP contribution in [-0.2, 0) is 14.8 Å². The zero-order valence-electron chi connectivity index (χ0n) is 18.8. The van der Waals surface area contributed by atoms with Crippen molar-refractivity contribution in [2.75, 3.05) is 37.9 Å². The molecule has 0 saturated carbocycles. The maximum Gasteiger partial charge on any atom is 0.256 e. The quantitative estimate of drug-likeness (QED) is 0.553. The van der Waals surface area contributed by atoms with Crippen LogP contribution in [0.5, 0.6) is 5.75 Å². The number of hydrogen-bond donors (Lipinski definition) is 1. The van der Waals surface area contributed by atoms with Gasteiger partial charge in [-0.3, -0.25) is 4.79 Å². The van der Waals surface area contributed by atoms with E-state index in [0.29, 0.717) is 30.1 Å². The van der Waals surface area contributed by atoms with Crippen molar-refractivity contribution in [2.24, 2.45) is 0 Å². The second kappa shape index (κ2) is 10.9. The van der Waals surface area contributed by atoms with Gasteiger partial charge in [-0.2, -0.15) is 4.31 Å². The number of hydrogen-bond acceptors (Lipinski definition) is 6. The van der Waals surface area contributed by atoms with Crippen LogP contribution < -0.4 is 10.1 Å². The van der Waals surface area contributed by atoms with Crippen molar-refractivity contribution in [2.45, 2.75) is 48.0 Å². The van der Waals surface area contributed by atoms with Gasteiger partial charge in [-0.15, -0.1) is 11.8 Å². The number of thioether (sulfide) groups is 1. The molecular weight excluding hydrogens is 460 g/mol. The van der Waals surface area contributed by atoms with Gasteiger partial charge in [0.25, 0.3) is 5.91 Å². The predicted molar refractivity (Wildman–Crippen MR) is 130 cm³/mol. The molecule has 9 heteroatoms. The Bertz CT molecular complexity index is 1080. The molecule has 1 unspecified atom stereocenters. The van der Waals surface area contributed by atoms with Crippen LogP contribution in [0.15, 0.2) is 52.3 Å². The van der Waals surface area contributed by atoms with E-state index in [-0.39, 0.29) is 16.9 Å². The Labute approximate surface area is 199 Å². The van der Waals surface area contributed by atoms with Crippen LogP contribution >= 0.6 is 11.8 Å². The summed E-state index contributed by atoms with van der Waals surface area (Å²) in [5.41, 5.74) is 0.867. The number of nitrogens with zero attached hydrogens (tertiary/aromatic N) is 1. The van der Waals surface area contributed by atoms with Gasteiger partial charge in [-0.25, -0.2) is 8.42 Å². The number of rotatable bonds is 8. The van der Waals surface area contributed by atoms with Crippen molar-refractivity contribution >= 4 is 33.4 Å². The summed E-state index contributed by atoms with van der Waals surface area (Å²) >= 11 is 1.60. The Morgan fingerprint density at radius 3 is 2.67 bits per heavy atom. The highest BCUT2D eigenvalue weighted by atomic mass is 32.2. The molecule has 0 aliphatic carbocycles. The topological polar surface area (TPSA) is 84.9 Å². The van der Waals surface area contributed by atoms with Crippen LogP contribution in [-0.4, -0.2) is 57.3 Å². The van der Waals surface area contributed by atoms with Crippen molar-refractivity contribution in [3.63, 3.8) is 0 Å². The summed E-state index contributed by atoms with van der Waals surface area (Å²) in [6.45, 7) is 1.83. The number of nitrogens with one attached hydrogen (secondary N) is 1. The molecule has 7 nitrogen and oxygen atoms in total. The van der Waals surface area contributed by atoms with Gasteiger partial charge < -0.3 is 14.8 Å². The molecule has 2 heterocycles. The average Bonchev–Trinajstić information content (AvgIpc) is 3.37. The van der Waals surface area contributed by atoms with Gasteiger partial charge in [-0.1, -0.05) is 18.6 Å². The van der Waals surface area contributed by atoms with Gasteiger partial charge in [0.05, 0.1) is 29.4 Å². The lowest BCUT2D eigenvalue weighted by atomic mass is 10.2. The molecule has 2 aliphatic rings. The number of ether oxygens (including phenoxy) is 2. The first-order valence-corrected chi connectivity index (χ1v) is 13.7. The molecule has 2 saturated heterocycles. The molecule has 0 radical (unpaired) electrons. The maximum absolute atomic E-state index is 13.2. The van der Waals surface area contributed by atoms with Gasteiger partial charge in [0.2, 0.25) is 10.0 Å². The number of sulfonamides is 1. The minimum atomic E-state index is -3.63. The van der Waals surface area contributed by atoms with E-state index in [2.05, 4.69) is 5.32 Å². The summed E-state index contributed by atoms with van der Waals surface area (Å²) in [6, 6.07) is 12.0. The summed E-state index contributed by atoms with van der Waals surface area (Å²) in [6.07, 6.45) is 5.09. The largest absolute Gasteiger partial charge is 0.495 e. The molecule has 2 aliphatic heterocycles. The maximum atomic E-state index is 13.2. The Morgan fingerprint density at radius 2 is 1.94 bits per heavy atom. The van der Waals surface area contributed by atoms with Crippen molar-refractivity contribution in [1.82, 2.24) is 4.31 Å². The highest BCUT2D eigenvalue weighted by Crippen LogP contribution is 2.32. The molecule has 4 rings (SSSR count). The van der Waals surface area contributed by atoms with Crippen molar-refractivity contribution < 1.29 is 22.7 Å². The standard InChI is InChI=1S/C24H30N2O5S2/c1-30-22-12-11-19(33(28,29)26-13-5-2-6-14-26)16-21(22)25-24(27)20-9-3-4-10-23(20)32-17-18-8-7-15-31-18/h3-4,9-12,16,18H,2,5-8,13-15,17H2,1H3,(H,25,27). The Balaban J connectivity index is 1.54. The molecular formula is C24H30N2O5S2. The highest BCUT2D eigenvalue weighted by molar-refractivity contribution is 7.99. The van der Waals surface area contributed by atoms with Crippen molar-refractivity contribution in [3.05, 3.63) is 48.0 Å². The zero-order chi connectivity index (χ0) is 23.3. The molecule has 1 amide bonds. The average molecular weight is 491 g/mol. The molecule has 1 atom stereocenters. The minimum absolute atomic E-state index is 0.154. The van der Waals surface area contributed by atoms with Gasteiger partial charge in [0.1, 0.15) is 5.75 Å². The molecule has 0 spiro atoms. The van der Waals surface area contributed by atoms with Gasteiger partial charge in [0.15, 0.2) is 0 Å². The van der Waals surface area contributed by atoms with Gasteiger partial charge in [-0.05, 0) is 56.0 Å². The van der Waals surface area contributed by atoms with Crippen LogP contribution in [0.3, 0.4) is 0 Å². The molecule has 2 aromatic carbocycles. The van der Waals surface area contributed by atoms with E-state index >= 15 is 0 Å². The second-order valence-electron chi connectivity index (χ2n) is 8.22. The number of carbonyl (C=O) groups is 1. The lowest BCUT2D eigenvalue weighted by Crippen LogP contribution is -2.35. The fraction of sp³-hybridized carbons (Fsp3) is 0.458. The summed E-state index contributed by atoms with van der Waals surface area (Å²) in [5, 5.41) is 2.87. The fourth-order valence-corrected chi connectivity index (χ4v) is 6.79. The first kappa shape index (κ1) is 24.1. The third kappa shape index (κ3) is 5.71. The second-order valence-corrected chi connectivity index (χ2v) is 11.2. The van der Waals surface area contributed by atoms with Crippen LogP contribution in [0.25, 0.3) is 0 Å². The number of methoxy groups -OCH3 is 1. The van der Waals surface area contributed by atoms with Crippen LogP contribution in [0.2, 0.25) is 0 Å². The van der Waals surface area contributed by atoms with Crippen molar-refractivity contribution in [1.29, 1.82) is 0 Å². The summed E-state index contributed by atoms with van der Waals surface area (Å²) in [4.78, 5) is 14.2. The predicted octanol–water partition coefficient (Wildman–Crippen LogP) is 4.39. The van der Waals surface area contributed by atoms with Crippen LogP contribution in [0.4, 0.5) is 5.69 Å². The number of amides is 1. The molecule has 33 heavy (non-hydrogen) atoms. The zero-order valence-corrected chi connectivity index (χ0v) is 20.4. The van der Waals surface area contributed by atoms with Gasteiger partial charge in [0, 0.05) is 30.3 Å². The number of piperidine rings is 1. The molecule has 1 N–H and O–H groups in total. The Morgan fingerprint density at radius 1 is 1.15 bits per heavy atom. The highest BCUT2D eigenvalue weighted by Gasteiger charge is 2.27. The van der Waals surface area contributed by atoms with Crippen LogP contribution in [0.1, 0.15) is 42.5 Å². The van der Waals surface area contributed by atoms with Gasteiger partial charge >= 0.3 is 0 Å². The van der Waals surface area contributed by atoms with E-state index in [1.165, 1.54) is 23.5 Å². The summed E-state index contributed by atoms with van der Waals surface area (Å²) < 4.78 is 38.8. The Kier molecular flexibility index (Phi) is 7.95. The van der Waals surface area contributed by atoms with E-state index < -0.39 is 10.0 Å². The minimum Gasteiger partial charge on any atom is -0.495 e. The molecule has 2 fully saturated rings. The number of anilines is 1. The van der Waals surface area contributed by atoms with Crippen molar-refractivity contribution in [3.8, 4) is 5.75 Å². The SMILES string of the molecule is COc1ccc(S(=O)(=O)N2CCCCC2)cc1NC(=O)c1ccccc1SCC1CCCO1. The third-order valence-electron chi connectivity index (χ3n) is 5.95. The fourth-order valence-electron chi connectivity index (χ4n) is 4.13. The Hall–Kier alpha value is -2.07.